The van der Waals surface area contributed by atoms with Gasteiger partial charge < -0.3 is 10.2 Å². The summed E-state index contributed by atoms with van der Waals surface area (Å²) in [5.74, 6) is 0.364. The van der Waals surface area contributed by atoms with Gasteiger partial charge in [0.2, 0.25) is 15.9 Å². The Hall–Kier alpha value is -2.07. The molecule has 10 heteroatoms. The molecular formula is C22H26ClN3O4S2. The number of hydrogen-bond acceptors (Lipinski definition) is 5. The Morgan fingerprint density at radius 1 is 1.12 bits per heavy atom. The molecule has 1 saturated heterocycles. The lowest BCUT2D eigenvalue weighted by Gasteiger charge is -2.15. The average Bonchev–Trinajstić information content (AvgIpc) is 3.19. The van der Waals surface area contributed by atoms with Crippen molar-refractivity contribution in [1.29, 1.82) is 0 Å². The lowest BCUT2D eigenvalue weighted by molar-refractivity contribution is -0.127. The van der Waals surface area contributed by atoms with Crippen LogP contribution in [0.15, 0.2) is 58.3 Å². The highest BCUT2D eigenvalue weighted by Crippen LogP contribution is 2.21. The van der Waals surface area contributed by atoms with E-state index in [0.717, 1.165) is 17.9 Å². The van der Waals surface area contributed by atoms with Crippen molar-refractivity contribution in [2.45, 2.75) is 29.1 Å². The van der Waals surface area contributed by atoms with Gasteiger partial charge in [0.15, 0.2) is 0 Å². The quantitative estimate of drug-likeness (QED) is 0.369. The van der Waals surface area contributed by atoms with Crippen LogP contribution in [-0.2, 0) is 14.8 Å². The maximum absolute atomic E-state index is 12.6. The lowest BCUT2D eigenvalue weighted by Crippen LogP contribution is -2.31. The largest absolute Gasteiger partial charge is 0.351 e. The molecule has 2 amide bonds. The molecule has 1 fully saturated rings. The van der Waals surface area contributed by atoms with Crippen molar-refractivity contribution in [3.63, 3.8) is 0 Å². The first kappa shape index (κ1) is 24.6. The minimum Gasteiger partial charge on any atom is -0.351 e. The zero-order valence-electron chi connectivity index (χ0n) is 17.6. The second-order valence-corrected chi connectivity index (χ2v) is 10.6. The molecule has 2 aromatic carbocycles. The second kappa shape index (κ2) is 11.7. The first-order valence-electron chi connectivity index (χ1n) is 10.4. The highest BCUT2D eigenvalue weighted by molar-refractivity contribution is 7.99. The van der Waals surface area contributed by atoms with Crippen LogP contribution < -0.4 is 10.0 Å². The molecule has 1 aliphatic heterocycles. The summed E-state index contributed by atoms with van der Waals surface area (Å²) >= 11 is 7.76. The molecule has 172 valence electrons. The highest BCUT2D eigenvalue weighted by atomic mass is 35.5. The molecule has 2 N–H and O–H groups in total. The van der Waals surface area contributed by atoms with Crippen LogP contribution in [0.2, 0.25) is 5.02 Å². The molecule has 0 bridgehead atoms. The standard InChI is InChI=1S/C22H26ClN3O4S2/c23-20-10-9-18(32(29,30)25-11-5-14-26-13-4-8-21(26)27)16-19(20)22(28)24-12-15-31-17-6-2-1-3-7-17/h1-3,6-7,9-10,16,25H,4-5,8,11-15H2,(H,24,28). The molecule has 0 spiro atoms. The van der Waals surface area contributed by atoms with Gasteiger partial charge in [-0.3, -0.25) is 9.59 Å². The molecule has 0 saturated carbocycles. The predicted octanol–water partition coefficient (Wildman–Crippen LogP) is 3.15. The number of nitrogens with zero attached hydrogens (tertiary/aromatic N) is 1. The molecule has 0 atom stereocenters. The van der Waals surface area contributed by atoms with Crippen molar-refractivity contribution in [2.24, 2.45) is 0 Å². The number of likely N-dealkylation sites (tertiary alicyclic amines) is 1. The number of halogens is 1. The number of nitrogens with one attached hydrogen (secondary N) is 2. The van der Waals surface area contributed by atoms with Crippen molar-refractivity contribution in [3.05, 3.63) is 59.1 Å². The number of carbonyl (C=O) groups is 2. The fourth-order valence-corrected chi connectivity index (χ4v) is 5.38. The Balaban J connectivity index is 1.51. The lowest BCUT2D eigenvalue weighted by atomic mass is 10.2. The summed E-state index contributed by atoms with van der Waals surface area (Å²) in [6.07, 6.45) is 1.93. The van der Waals surface area contributed by atoms with E-state index < -0.39 is 15.9 Å². The molecule has 7 nitrogen and oxygen atoms in total. The topological polar surface area (TPSA) is 95.6 Å². The van der Waals surface area contributed by atoms with E-state index in [1.54, 1.807) is 16.7 Å². The molecule has 0 radical (unpaired) electrons. The molecule has 1 heterocycles. The van der Waals surface area contributed by atoms with Gasteiger partial charge in [0.25, 0.3) is 5.91 Å². The van der Waals surface area contributed by atoms with Crippen LogP contribution in [0.5, 0.6) is 0 Å². The van der Waals surface area contributed by atoms with Gasteiger partial charge in [0, 0.05) is 43.2 Å². The summed E-state index contributed by atoms with van der Waals surface area (Å²) < 4.78 is 27.8. The number of benzene rings is 2. The number of thioether (sulfide) groups is 1. The maximum Gasteiger partial charge on any atom is 0.252 e. The summed E-state index contributed by atoms with van der Waals surface area (Å²) in [6.45, 7) is 1.87. The van der Waals surface area contributed by atoms with E-state index in [4.69, 9.17) is 11.6 Å². The summed E-state index contributed by atoms with van der Waals surface area (Å²) in [5, 5.41) is 2.96. The van der Waals surface area contributed by atoms with E-state index >= 15 is 0 Å². The summed E-state index contributed by atoms with van der Waals surface area (Å²) in [6, 6.07) is 13.9. The van der Waals surface area contributed by atoms with Crippen molar-refractivity contribution in [3.8, 4) is 0 Å². The van der Waals surface area contributed by atoms with Crippen LogP contribution in [0.4, 0.5) is 0 Å². The smallest absolute Gasteiger partial charge is 0.252 e. The monoisotopic (exact) mass is 495 g/mol. The minimum atomic E-state index is -3.80. The number of rotatable bonds is 11. The third-order valence-corrected chi connectivity index (χ3v) is 7.76. The number of carbonyl (C=O) groups excluding carboxylic acids is 2. The normalized spacial score (nSPS) is 14.0. The van der Waals surface area contributed by atoms with Crippen LogP contribution >= 0.6 is 23.4 Å². The van der Waals surface area contributed by atoms with Crippen molar-refractivity contribution < 1.29 is 18.0 Å². The molecule has 3 rings (SSSR count). The molecule has 0 aliphatic carbocycles. The molecule has 2 aromatic rings. The van der Waals surface area contributed by atoms with Crippen LogP contribution in [-0.4, -0.2) is 57.1 Å². The van der Waals surface area contributed by atoms with Gasteiger partial charge in [-0.2, -0.15) is 0 Å². The second-order valence-electron chi connectivity index (χ2n) is 7.29. The van der Waals surface area contributed by atoms with Crippen LogP contribution in [0.1, 0.15) is 29.6 Å². The summed E-state index contributed by atoms with van der Waals surface area (Å²) in [5.41, 5.74) is 0.113. The molecule has 0 aromatic heterocycles. The average molecular weight is 496 g/mol. The van der Waals surface area contributed by atoms with Crippen molar-refractivity contribution >= 4 is 45.2 Å². The van der Waals surface area contributed by atoms with Crippen molar-refractivity contribution in [2.75, 3.05) is 31.9 Å². The maximum atomic E-state index is 12.6. The number of hydrogen-bond donors (Lipinski definition) is 2. The van der Waals surface area contributed by atoms with E-state index in [1.165, 1.54) is 18.2 Å². The molecule has 1 aliphatic rings. The summed E-state index contributed by atoms with van der Waals surface area (Å²) in [4.78, 5) is 27.0. The third kappa shape index (κ3) is 6.96. The van der Waals surface area contributed by atoms with E-state index in [9.17, 15) is 18.0 Å². The SMILES string of the molecule is O=C(NCCSc1ccccc1)c1cc(S(=O)(=O)NCCCN2CCCC2=O)ccc1Cl. The van der Waals surface area contributed by atoms with Crippen LogP contribution in [0.25, 0.3) is 0 Å². The molecule has 0 unspecified atom stereocenters. The Bertz CT molecular complexity index is 1050. The van der Waals surface area contributed by atoms with Gasteiger partial charge in [-0.05, 0) is 43.2 Å². The number of amides is 2. The van der Waals surface area contributed by atoms with Gasteiger partial charge in [0.1, 0.15) is 0 Å². The van der Waals surface area contributed by atoms with Crippen molar-refractivity contribution in [1.82, 2.24) is 14.9 Å². The van der Waals surface area contributed by atoms with E-state index in [1.807, 2.05) is 30.3 Å². The van der Waals surface area contributed by atoms with Gasteiger partial charge >= 0.3 is 0 Å². The van der Waals surface area contributed by atoms with E-state index in [2.05, 4.69) is 10.0 Å². The van der Waals surface area contributed by atoms with Gasteiger partial charge in [0.05, 0.1) is 15.5 Å². The molecule has 32 heavy (non-hydrogen) atoms. The molecular weight excluding hydrogens is 470 g/mol. The predicted molar refractivity (Wildman–Crippen MR) is 127 cm³/mol. The fraction of sp³-hybridized carbons (Fsp3) is 0.364. The zero-order valence-corrected chi connectivity index (χ0v) is 19.9. The first-order valence-corrected chi connectivity index (χ1v) is 13.2. The zero-order chi connectivity index (χ0) is 23.0. The van der Waals surface area contributed by atoms with E-state index in [0.29, 0.717) is 31.7 Å². The summed E-state index contributed by atoms with van der Waals surface area (Å²) in [7, 11) is -3.80. The van der Waals surface area contributed by atoms with Gasteiger partial charge in [-0.15, -0.1) is 11.8 Å². The van der Waals surface area contributed by atoms with Crippen LogP contribution in [0.3, 0.4) is 0 Å². The van der Waals surface area contributed by atoms with Gasteiger partial charge in [-0.1, -0.05) is 29.8 Å². The van der Waals surface area contributed by atoms with Gasteiger partial charge in [-0.25, -0.2) is 13.1 Å². The minimum absolute atomic E-state index is 0.0250. The van der Waals surface area contributed by atoms with Crippen LogP contribution in [0, 0.1) is 0 Å². The Labute approximate surface area is 198 Å². The number of sulfonamides is 1. The third-order valence-electron chi connectivity index (χ3n) is 4.96. The fourth-order valence-electron chi connectivity index (χ4n) is 3.29. The first-order chi connectivity index (χ1) is 15.4. The highest BCUT2D eigenvalue weighted by Gasteiger charge is 2.21. The Morgan fingerprint density at radius 3 is 2.62 bits per heavy atom. The Morgan fingerprint density at radius 2 is 1.91 bits per heavy atom. The Kier molecular flexibility index (Phi) is 8.98. The van der Waals surface area contributed by atoms with E-state index in [-0.39, 0.29) is 27.9 Å².